The Morgan fingerprint density at radius 1 is 0.763 bits per heavy atom. The van der Waals surface area contributed by atoms with Gasteiger partial charge in [-0.05, 0) is 65.2 Å². The van der Waals surface area contributed by atoms with Crippen LogP contribution in [0.25, 0.3) is 11.1 Å². The first-order chi connectivity index (χ1) is 28.2. The number of benzene rings is 4. The first-order valence-corrected chi connectivity index (χ1v) is 19.3. The lowest BCUT2D eigenvalue weighted by Crippen LogP contribution is -2.59. The molecule has 59 heavy (non-hydrogen) atoms. The van der Waals surface area contributed by atoms with Gasteiger partial charge in [0.2, 0.25) is 0 Å². The molecular weight excluding hydrogens is 786 g/mol. The number of hydrogen-bond acceptors (Lipinski definition) is 13. The van der Waals surface area contributed by atoms with Gasteiger partial charge in [0.1, 0.15) is 30.4 Å². The van der Waals surface area contributed by atoms with Crippen LogP contribution in [-0.4, -0.2) is 76.3 Å². The van der Waals surface area contributed by atoms with Crippen LogP contribution in [-0.2, 0) is 42.9 Å². The molecule has 2 aliphatic heterocycles. The maximum atomic E-state index is 13.5. The van der Waals surface area contributed by atoms with Crippen molar-refractivity contribution in [2.24, 2.45) is 0 Å². The molecule has 0 spiro atoms. The molecule has 1 N–H and O–H groups in total. The number of phenolic OH excluding ortho intramolecular Hbond substituents is 1. The number of amides is 1. The highest BCUT2D eigenvalue weighted by Gasteiger charge is 2.52. The van der Waals surface area contributed by atoms with Crippen LogP contribution in [0.1, 0.15) is 61.3 Å². The van der Waals surface area contributed by atoms with E-state index in [1.54, 1.807) is 77.7 Å². The topological polar surface area (TPSA) is 172 Å². The Labute approximate surface area is 343 Å². The zero-order valence-corrected chi connectivity index (χ0v) is 33.1. The van der Waals surface area contributed by atoms with E-state index in [0.717, 1.165) is 32.5 Å². The third-order valence-corrected chi connectivity index (χ3v) is 10.6. The first-order valence-electron chi connectivity index (χ1n) is 18.5. The number of phenols is 1. The number of carbonyl (C=O) groups excluding carboxylic acids is 6. The summed E-state index contributed by atoms with van der Waals surface area (Å²) in [4.78, 5) is 76.6. The van der Waals surface area contributed by atoms with E-state index in [2.05, 4.69) is 0 Å². The van der Waals surface area contributed by atoms with Crippen molar-refractivity contribution < 1.29 is 61.9 Å². The monoisotopic (exact) mass is 825 g/mol. The van der Waals surface area contributed by atoms with Gasteiger partial charge < -0.3 is 28.8 Å². The molecular formula is C44H40FNO12S. The highest BCUT2D eigenvalue weighted by atomic mass is 32.2. The van der Waals surface area contributed by atoms with Crippen molar-refractivity contribution in [2.45, 2.75) is 69.5 Å². The number of thioether (sulfide) groups is 1. The number of para-hydroxylation sites is 1. The van der Waals surface area contributed by atoms with Crippen LogP contribution >= 0.6 is 11.8 Å². The average Bonchev–Trinajstić information content (AvgIpc) is 3.52. The summed E-state index contributed by atoms with van der Waals surface area (Å²) >= 11 is 1.01. The molecule has 0 bridgehead atoms. The van der Waals surface area contributed by atoms with Crippen molar-refractivity contribution in [2.75, 3.05) is 11.5 Å². The molecule has 4 aromatic carbocycles. The summed E-state index contributed by atoms with van der Waals surface area (Å²) in [6.45, 7) is 4.28. The zero-order valence-electron chi connectivity index (χ0n) is 32.3. The molecule has 0 saturated carbocycles. The lowest BCUT2D eigenvalue weighted by molar-refractivity contribution is -0.254. The number of ketones is 1. The van der Waals surface area contributed by atoms with Crippen LogP contribution in [0, 0.1) is 5.82 Å². The van der Waals surface area contributed by atoms with Crippen LogP contribution in [0.15, 0.2) is 109 Å². The fourth-order valence-corrected chi connectivity index (χ4v) is 8.16. The van der Waals surface area contributed by atoms with Gasteiger partial charge in [0, 0.05) is 44.5 Å². The van der Waals surface area contributed by atoms with Crippen LogP contribution < -0.4 is 4.90 Å². The summed E-state index contributed by atoms with van der Waals surface area (Å²) in [5.41, 5.74) is 3.02. The third-order valence-electron chi connectivity index (χ3n) is 9.54. The van der Waals surface area contributed by atoms with Gasteiger partial charge in [-0.15, -0.1) is 0 Å². The van der Waals surface area contributed by atoms with Crippen molar-refractivity contribution in [1.82, 2.24) is 0 Å². The molecule has 2 fully saturated rings. The molecule has 13 nitrogen and oxygen atoms in total. The van der Waals surface area contributed by atoms with Crippen molar-refractivity contribution in [1.29, 1.82) is 0 Å². The molecule has 7 atom stereocenters. The number of aromatic hydroxyl groups is 1. The summed E-state index contributed by atoms with van der Waals surface area (Å²) < 4.78 is 41.6. The Kier molecular flexibility index (Phi) is 13.3. The van der Waals surface area contributed by atoms with E-state index >= 15 is 0 Å². The maximum Gasteiger partial charge on any atom is 0.303 e. The van der Waals surface area contributed by atoms with Crippen LogP contribution in [0.3, 0.4) is 0 Å². The number of ether oxygens (including phenoxy) is 5. The molecule has 15 heteroatoms. The standard InChI is InChI=1S/C44H40FNO12S/c1-24(47)54-23-37-41(55-25(2)48)43(57-27(4)50)42(56-26(3)49)40(58-37)30-12-10-28(11-13-30)31-16-19-34(36(52)22-31)39-38(21-20-35(51)29-14-17-32(45)18-15-29)59-44(53)46(39)33-8-6-5-7-9-33/h5-22,37-43,52H,23H2,1-4H3/b21-20+/t37-,38-,39-,40?,41-,42+,43+/m1/s1. The Balaban J connectivity index is 1.31. The predicted octanol–water partition coefficient (Wildman–Crippen LogP) is 7.22. The Morgan fingerprint density at radius 2 is 1.37 bits per heavy atom. The van der Waals surface area contributed by atoms with E-state index < -0.39 is 71.5 Å². The van der Waals surface area contributed by atoms with Gasteiger partial charge in [-0.25, -0.2) is 4.39 Å². The summed E-state index contributed by atoms with van der Waals surface area (Å²) in [7, 11) is 0. The van der Waals surface area contributed by atoms with E-state index in [0.29, 0.717) is 27.9 Å². The van der Waals surface area contributed by atoms with Crippen molar-refractivity contribution in [3.05, 3.63) is 132 Å². The number of allylic oxidation sites excluding steroid dienone is 1. The summed E-state index contributed by atoms with van der Waals surface area (Å²) in [6, 6.07) is 25.3. The second-order valence-corrected chi connectivity index (χ2v) is 14.9. The molecule has 0 radical (unpaired) electrons. The number of carbonyl (C=O) groups is 6. The molecule has 306 valence electrons. The first kappa shape index (κ1) is 42.3. The van der Waals surface area contributed by atoms with Gasteiger partial charge >= 0.3 is 23.9 Å². The summed E-state index contributed by atoms with van der Waals surface area (Å²) in [6.07, 6.45) is -3.16. The molecule has 4 aromatic rings. The van der Waals surface area contributed by atoms with E-state index in [9.17, 15) is 38.3 Å². The average molecular weight is 826 g/mol. The molecule has 2 saturated heterocycles. The van der Waals surface area contributed by atoms with Crippen LogP contribution in [0.4, 0.5) is 14.9 Å². The Bertz CT molecular complexity index is 2250. The van der Waals surface area contributed by atoms with Crippen LogP contribution in [0.2, 0.25) is 0 Å². The minimum absolute atomic E-state index is 0.115. The number of anilines is 1. The molecule has 6 rings (SSSR count). The van der Waals surface area contributed by atoms with Crippen molar-refractivity contribution in [3.63, 3.8) is 0 Å². The lowest BCUT2D eigenvalue weighted by Gasteiger charge is -2.44. The van der Waals surface area contributed by atoms with E-state index in [1.807, 2.05) is 6.07 Å². The second kappa shape index (κ2) is 18.5. The number of rotatable bonds is 12. The van der Waals surface area contributed by atoms with E-state index in [1.165, 1.54) is 37.3 Å². The number of hydrogen-bond donors (Lipinski definition) is 1. The largest absolute Gasteiger partial charge is 0.508 e. The smallest absolute Gasteiger partial charge is 0.303 e. The SMILES string of the molecule is CC(=O)OC[C@H]1OC(c2ccc(-c3ccc([C@@H]4[C@@H](/C=C/C(=O)c5ccc(F)cc5)SC(=O)N4c4ccccc4)c(O)c3)cc2)[C@H](OC(C)=O)[C@@H](OC(C)=O)[C@@H]1OC(C)=O. The number of esters is 4. The molecule has 1 unspecified atom stereocenters. The Hall–Kier alpha value is -6.32. The van der Waals surface area contributed by atoms with Gasteiger partial charge in [0.15, 0.2) is 24.1 Å². The third kappa shape index (κ3) is 10.0. The number of halogens is 1. The van der Waals surface area contributed by atoms with Gasteiger partial charge in [0.05, 0.1) is 11.3 Å². The maximum absolute atomic E-state index is 13.5. The van der Waals surface area contributed by atoms with Gasteiger partial charge in [-0.1, -0.05) is 72.4 Å². The molecule has 0 aromatic heterocycles. The van der Waals surface area contributed by atoms with Gasteiger partial charge in [-0.3, -0.25) is 33.7 Å². The molecule has 2 heterocycles. The summed E-state index contributed by atoms with van der Waals surface area (Å²) in [5, 5.41) is 10.7. The van der Waals surface area contributed by atoms with E-state index in [4.69, 9.17) is 23.7 Å². The molecule has 1 amide bonds. The zero-order chi connectivity index (χ0) is 42.4. The minimum Gasteiger partial charge on any atom is -0.508 e. The van der Waals surface area contributed by atoms with Crippen molar-refractivity contribution in [3.8, 4) is 16.9 Å². The fourth-order valence-electron chi connectivity index (χ4n) is 7.04. The second-order valence-electron chi connectivity index (χ2n) is 13.7. The van der Waals surface area contributed by atoms with Gasteiger partial charge in [-0.2, -0.15) is 0 Å². The highest BCUT2D eigenvalue weighted by Crippen LogP contribution is 2.48. The van der Waals surface area contributed by atoms with Crippen LogP contribution in [0.5, 0.6) is 5.75 Å². The quantitative estimate of drug-likeness (QED) is 0.0658. The van der Waals surface area contributed by atoms with Gasteiger partial charge in [0.25, 0.3) is 5.24 Å². The molecule has 0 aliphatic carbocycles. The fraction of sp³-hybridized carbons (Fsp3) is 0.273. The normalized spacial score (nSPS) is 22.8. The predicted molar refractivity (Wildman–Crippen MR) is 213 cm³/mol. The number of nitrogens with zero attached hydrogens (tertiary/aromatic N) is 1. The molecule has 2 aliphatic rings. The lowest BCUT2D eigenvalue weighted by atomic mass is 9.89. The van der Waals surface area contributed by atoms with Crippen molar-refractivity contribution >= 4 is 52.3 Å². The highest BCUT2D eigenvalue weighted by molar-refractivity contribution is 8.15. The summed E-state index contributed by atoms with van der Waals surface area (Å²) in [5.74, 6) is -3.80. The Morgan fingerprint density at radius 3 is 1.98 bits per heavy atom. The van der Waals surface area contributed by atoms with E-state index in [-0.39, 0.29) is 28.9 Å². The minimum atomic E-state index is -1.33.